The summed E-state index contributed by atoms with van der Waals surface area (Å²) in [4.78, 5) is 0. The van der Waals surface area contributed by atoms with Crippen LogP contribution in [0.5, 0.6) is 0 Å². The lowest BCUT2D eigenvalue weighted by molar-refractivity contribution is 0.232. The molecule has 1 rings (SSSR count). The fourth-order valence-corrected chi connectivity index (χ4v) is 1.92. The van der Waals surface area contributed by atoms with Crippen molar-refractivity contribution >= 4 is 0 Å². The summed E-state index contributed by atoms with van der Waals surface area (Å²) >= 11 is 0. The summed E-state index contributed by atoms with van der Waals surface area (Å²) in [5, 5.41) is 8.82. The molecular weight excluding hydrogens is 122 g/mol. The topological polar surface area (TPSA) is 23.8 Å². The third kappa shape index (κ3) is 1.50. The Hall–Kier alpha value is -0.510. The predicted octanol–water partition coefficient (Wildman–Crippen LogP) is 2.73. The zero-order chi connectivity index (χ0) is 7.61. The number of nitriles is 1. The van der Waals surface area contributed by atoms with Gasteiger partial charge >= 0.3 is 0 Å². The van der Waals surface area contributed by atoms with E-state index in [2.05, 4.69) is 19.9 Å². The maximum absolute atomic E-state index is 8.82. The molecule has 2 unspecified atom stereocenters. The zero-order valence-electron chi connectivity index (χ0n) is 6.85. The maximum atomic E-state index is 8.82. The first-order chi connectivity index (χ1) is 4.66. The minimum atomic E-state index is -0.00231. The second kappa shape index (κ2) is 2.62. The molecule has 0 aliphatic heterocycles. The van der Waals surface area contributed by atoms with Crippen LogP contribution in [0.1, 0.15) is 39.5 Å². The molecule has 1 aliphatic rings. The van der Waals surface area contributed by atoms with Crippen LogP contribution in [-0.2, 0) is 0 Å². The molecule has 0 aromatic heterocycles. The van der Waals surface area contributed by atoms with Gasteiger partial charge in [0.1, 0.15) is 0 Å². The van der Waals surface area contributed by atoms with Crippen LogP contribution in [0.3, 0.4) is 0 Å². The van der Waals surface area contributed by atoms with E-state index in [0.717, 1.165) is 18.8 Å². The van der Waals surface area contributed by atoms with E-state index in [1.165, 1.54) is 12.8 Å². The second-order valence-electron chi connectivity index (χ2n) is 3.87. The number of hydrogen-bond acceptors (Lipinski definition) is 1. The molecule has 1 heteroatoms. The summed E-state index contributed by atoms with van der Waals surface area (Å²) in [7, 11) is 0. The van der Waals surface area contributed by atoms with Gasteiger partial charge in [0, 0.05) is 0 Å². The van der Waals surface area contributed by atoms with E-state index in [1.54, 1.807) is 0 Å². The van der Waals surface area contributed by atoms with Gasteiger partial charge in [0.2, 0.25) is 0 Å². The van der Waals surface area contributed by atoms with Crippen molar-refractivity contribution in [2.45, 2.75) is 39.5 Å². The quantitative estimate of drug-likeness (QED) is 0.503. The highest BCUT2D eigenvalue weighted by molar-refractivity contribution is 4.98. The summed E-state index contributed by atoms with van der Waals surface area (Å²) < 4.78 is 0. The predicted molar refractivity (Wildman–Crippen MR) is 41.4 cm³/mol. The van der Waals surface area contributed by atoms with Crippen molar-refractivity contribution in [2.24, 2.45) is 11.3 Å². The summed E-state index contributed by atoms with van der Waals surface area (Å²) in [5.41, 5.74) is -0.00231. The van der Waals surface area contributed by atoms with Crippen molar-refractivity contribution in [3.05, 3.63) is 0 Å². The minimum absolute atomic E-state index is 0.00231. The molecular formula is C9H15N. The normalized spacial score (nSPS) is 40.7. The lowest BCUT2D eigenvalue weighted by Gasteiger charge is -2.30. The van der Waals surface area contributed by atoms with Crippen molar-refractivity contribution in [3.63, 3.8) is 0 Å². The molecule has 0 aromatic carbocycles. The van der Waals surface area contributed by atoms with Crippen LogP contribution >= 0.6 is 0 Å². The van der Waals surface area contributed by atoms with Crippen molar-refractivity contribution in [1.82, 2.24) is 0 Å². The Morgan fingerprint density at radius 3 is 2.70 bits per heavy atom. The van der Waals surface area contributed by atoms with Crippen molar-refractivity contribution in [1.29, 1.82) is 5.26 Å². The minimum Gasteiger partial charge on any atom is -0.198 e. The van der Waals surface area contributed by atoms with Gasteiger partial charge in [-0.15, -0.1) is 0 Å². The standard InChI is InChI=1S/C9H15N/c1-8-4-3-5-9(2,6-8)7-10/h8H,3-6H2,1-2H3. The lowest BCUT2D eigenvalue weighted by atomic mass is 9.72. The van der Waals surface area contributed by atoms with Gasteiger partial charge in [0.05, 0.1) is 11.5 Å². The van der Waals surface area contributed by atoms with Crippen LogP contribution in [0.4, 0.5) is 0 Å². The Bertz CT molecular complexity index is 157. The summed E-state index contributed by atoms with van der Waals surface area (Å²) in [6.07, 6.45) is 4.76. The lowest BCUT2D eigenvalue weighted by Crippen LogP contribution is -2.22. The number of rotatable bonds is 0. The molecule has 1 aliphatic carbocycles. The van der Waals surface area contributed by atoms with Crippen LogP contribution in [0, 0.1) is 22.7 Å². The number of nitrogens with zero attached hydrogens (tertiary/aromatic N) is 1. The van der Waals surface area contributed by atoms with Crippen molar-refractivity contribution < 1.29 is 0 Å². The van der Waals surface area contributed by atoms with Gasteiger partial charge in [-0.05, 0) is 25.7 Å². The Morgan fingerprint density at radius 2 is 2.30 bits per heavy atom. The molecule has 2 atom stereocenters. The smallest absolute Gasteiger partial charge is 0.0686 e. The average Bonchev–Trinajstić information content (AvgIpc) is 1.88. The van der Waals surface area contributed by atoms with Gasteiger partial charge in [-0.25, -0.2) is 0 Å². The van der Waals surface area contributed by atoms with Gasteiger partial charge < -0.3 is 0 Å². The molecule has 1 saturated carbocycles. The number of hydrogen-bond donors (Lipinski definition) is 0. The average molecular weight is 137 g/mol. The molecule has 56 valence electrons. The van der Waals surface area contributed by atoms with Crippen LogP contribution in [0.25, 0.3) is 0 Å². The van der Waals surface area contributed by atoms with Gasteiger partial charge in [-0.3, -0.25) is 0 Å². The van der Waals surface area contributed by atoms with Crippen LogP contribution in [-0.4, -0.2) is 0 Å². The second-order valence-corrected chi connectivity index (χ2v) is 3.87. The van der Waals surface area contributed by atoms with Crippen molar-refractivity contribution in [3.8, 4) is 6.07 Å². The SMILES string of the molecule is CC1CCCC(C)(C#N)C1. The maximum Gasteiger partial charge on any atom is 0.0686 e. The molecule has 0 saturated heterocycles. The molecule has 0 bridgehead atoms. The molecule has 0 radical (unpaired) electrons. The highest BCUT2D eigenvalue weighted by Gasteiger charge is 2.29. The van der Waals surface area contributed by atoms with Crippen LogP contribution < -0.4 is 0 Å². The Labute approximate surface area is 63.0 Å². The molecule has 0 spiro atoms. The molecule has 0 N–H and O–H groups in total. The summed E-state index contributed by atoms with van der Waals surface area (Å²) in [5.74, 6) is 0.762. The van der Waals surface area contributed by atoms with E-state index >= 15 is 0 Å². The van der Waals surface area contributed by atoms with Crippen molar-refractivity contribution in [2.75, 3.05) is 0 Å². The van der Waals surface area contributed by atoms with Gasteiger partial charge in [-0.1, -0.05) is 19.8 Å². The largest absolute Gasteiger partial charge is 0.198 e. The molecule has 1 fully saturated rings. The van der Waals surface area contributed by atoms with E-state index in [9.17, 15) is 0 Å². The Morgan fingerprint density at radius 1 is 1.60 bits per heavy atom. The van der Waals surface area contributed by atoms with E-state index in [0.29, 0.717) is 0 Å². The van der Waals surface area contributed by atoms with Gasteiger partial charge in [-0.2, -0.15) is 5.26 Å². The third-order valence-corrected chi connectivity index (χ3v) is 2.49. The molecule has 10 heavy (non-hydrogen) atoms. The molecule has 1 nitrogen and oxygen atoms in total. The molecule has 0 aromatic rings. The summed E-state index contributed by atoms with van der Waals surface area (Å²) in [6, 6.07) is 2.41. The fourth-order valence-electron chi connectivity index (χ4n) is 1.92. The monoisotopic (exact) mass is 137 g/mol. The van der Waals surface area contributed by atoms with E-state index in [-0.39, 0.29) is 5.41 Å². The first kappa shape index (κ1) is 7.60. The van der Waals surface area contributed by atoms with Gasteiger partial charge in [0.15, 0.2) is 0 Å². The van der Waals surface area contributed by atoms with E-state index in [4.69, 9.17) is 5.26 Å². The van der Waals surface area contributed by atoms with Gasteiger partial charge in [0.25, 0.3) is 0 Å². The molecule has 0 amide bonds. The fraction of sp³-hybridized carbons (Fsp3) is 0.889. The van der Waals surface area contributed by atoms with E-state index < -0.39 is 0 Å². The third-order valence-electron chi connectivity index (χ3n) is 2.49. The highest BCUT2D eigenvalue weighted by atomic mass is 14.4. The first-order valence-corrected chi connectivity index (χ1v) is 4.07. The van der Waals surface area contributed by atoms with E-state index in [1.807, 2.05) is 0 Å². The Kier molecular flexibility index (Phi) is 1.99. The van der Waals surface area contributed by atoms with Crippen LogP contribution in [0.15, 0.2) is 0 Å². The van der Waals surface area contributed by atoms with Crippen LogP contribution in [0.2, 0.25) is 0 Å². The highest BCUT2D eigenvalue weighted by Crippen LogP contribution is 2.37. The molecule has 0 heterocycles. The zero-order valence-corrected chi connectivity index (χ0v) is 6.85. The summed E-state index contributed by atoms with van der Waals surface area (Å²) in [6.45, 7) is 4.33. The Balaban J connectivity index is 2.56. The first-order valence-electron chi connectivity index (χ1n) is 4.07.